The molecular formula is C10H17N3O2S. The Morgan fingerprint density at radius 1 is 1.69 bits per heavy atom. The van der Waals surface area contributed by atoms with Gasteiger partial charge in [-0.2, -0.15) is 0 Å². The molecular weight excluding hydrogens is 226 g/mol. The molecule has 0 aliphatic carbocycles. The van der Waals surface area contributed by atoms with E-state index in [4.69, 9.17) is 9.47 Å². The Bertz CT molecular complexity index is 314. The topological polar surface area (TPSA) is 46.1 Å². The van der Waals surface area contributed by atoms with Gasteiger partial charge in [0.15, 0.2) is 5.79 Å². The van der Waals surface area contributed by atoms with E-state index >= 15 is 0 Å². The molecule has 3 heterocycles. The monoisotopic (exact) mass is 243 g/mol. The summed E-state index contributed by atoms with van der Waals surface area (Å²) in [5.41, 5.74) is 3.16. The average molecular weight is 243 g/mol. The average Bonchev–Trinajstić information content (AvgIpc) is 2.96. The van der Waals surface area contributed by atoms with Crippen molar-refractivity contribution < 1.29 is 9.47 Å². The molecule has 0 aromatic heterocycles. The molecule has 5 nitrogen and oxygen atoms in total. The minimum absolute atomic E-state index is 0.278. The van der Waals surface area contributed by atoms with E-state index < -0.39 is 5.79 Å². The molecule has 4 atom stereocenters. The van der Waals surface area contributed by atoms with Gasteiger partial charge in [0.05, 0.1) is 25.6 Å². The Labute approximate surface area is 99.5 Å². The molecule has 3 aliphatic heterocycles. The Morgan fingerprint density at radius 3 is 3.38 bits per heavy atom. The van der Waals surface area contributed by atoms with Crippen LogP contribution in [0.25, 0.3) is 0 Å². The molecule has 0 aromatic carbocycles. The lowest BCUT2D eigenvalue weighted by molar-refractivity contribution is -0.287. The molecule has 0 spiro atoms. The summed E-state index contributed by atoms with van der Waals surface area (Å²) in [6.07, 6.45) is 3.02. The SMILES string of the molecule is CC1CCOC(C)(CN2NC=NC3SC32)O1. The number of hydrogen-bond donors (Lipinski definition) is 1. The molecule has 1 N–H and O–H groups in total. The van der Waals surface area contributed by atoms with Gasteiger partial charge in [-0.25, -0.2) is 5.01 Å². The van der Waals surface area contributed by atoms with Crippen LogP contribution in [-0.4, -0.2) is 47.1 Å². The van der Waals surface area contributed by atoms with Gasteiger partial charge in [0.1, 0.15) is 10.7 Å². The van der Waals surface area contributed by atoms with Gasteiger partial charge in [0.2, 0.25) is 0 Å². The Morgan fingerprint density at radius 2 is 2.56 bits per heavy atom. The first kappa shape index (κ1) is 10.8. The highest BCUT2D eigenvalue weighted by Crippen LogP contribution is 2.45. The summed E-state index contributed by atoms with van der Waals surface area (Å²) in [4.78, 5) is 4.29. The van der Waals surface area contributed by atoms with Crippen LogP contribution in [0.3, 0.4) is 0 Å². The highest BCUT2D eigenvalue weighted by atomic mass is 32.2. The van der Waals surface area contributed by atoms with Crippen molar-refractivity contribution in [1.82, 2.24) is 10.4 Å². The predicted octanol–water partition coefficient (Wildman–Crippen LogP) is 0.775. The van der Waals surface area contributed by atoms with Crippen LogP contribution in [0.1, 0.15) is 20.3 Å². The zero-order chi connectivity index (χ0) is 11.2. The van der Waals surface area contributed by atoms with Crippen molar-refractivity contribution in [1.29, 1.82) is 0 Å². The molecule has 0 amide bonds. The quantitative estimate of drug-likeness (QED) is 0.726. The standard InChI is InChI=1S/C10H17N3O2S/c1-7-3-4-14-10(2,15-7)5-13-9-8(16-9)11-6-12-13/h6-9H,3-5H2,1-2H3,(H,11,12). The zero-order valence-electron chi connectivity index (χ0n) is 9.55. The number of nitrogens with one attached hydrogen (secondary N) is 1. The van der Waals surface area contributed by atoms with E-state index in [2.05, 4.69) is 22.4 Å². The van der Waals surface area contributed by atoms with Gasteiger partial charge in [0.25, 0.3) is 0 Å². The summed E-state index contributed by atoms with van der Waals surface area (Å²) in [5.74, 6) is -0.496. The van der Waals surface area contributed by atoms with E-state index in [-0.39, 0.29) is 6.10 Å². The van der Waals surface area contributed by atoms with Crippen LogP contribution in [0.15, 0.2) is 4.99 Å². The Balaban J connectivity index is 1.62. The van der Waals surface area contributed by atoms with Crippen molar-refractivity contribution in [3.63, 3.8) is 0 Å². The first-order chi connectivity index (χ1) is 7.66. The van der Waals surface area contributed by atoms with Crippen molar-refractivity contribution in [3.8, 4) is 0 Å². The van der Waals surface area contributed by atoms with E-state index in [1.165, 1.54) is 0 Å². The van der Waals surface area contributed by atoms with Gasteiger partial charge in [-0.05, 0) is 20.3 Å². The minimum Gasteiger partial charge on any atom is -0.349 e. The minimum atomic E-state index is -0.496. The zero-order valence-corrected chi connectivity index (χ0v) is 10.4. The third-order valence-corrected chi connectivity index (χ3v) is 4.17. The second-order valence-corrected chi connectivity index (χ2v) is 5.89. The lowest BCUT2D eigenvalue weighted by Gasteiger charge is -2.40. The van der Waals surface area contributed by atoms with E-state index in [9.17, 15) is 0 Å². The van der Waals surface area contributed by atoms with Crippen molar-refractivity contribution >= 4 is 18.1 Å². The van der Waals surface area contributed by atoms with E-state index in [0.717, 1.165) is 19.6 Å². The maximum atomic E-state index is 5.89. The number of ether oxygens (including phenoxy) is 2. The molecule has 90 valence electrons. The third-order valence-electron chi connectivity index (χ3n) is 3.04. The highest BCUT2D eigenvalue weighted by molar-refractivity contribution is 8.07. The largest absolute Gasteiger partial charge is 0.349 e. The van der Waals surface area contributed by atoms with Crippen molar-refractivity contribution in [2.75, 3.05) is 13.2 Å². The number of rotatable bonds is 2. The second kappa shape index (κ2) is 3.87. The smallest absolute Gasteiger partial charge is 0.180 e. The molecule has 2 saturated heterocycles. The predicted molar refractivity (Wildman–Crippen MR) is 63.0 cm³/mol. The Hall–Kier alpha value is -0.300. The lowest BCUT2D eigenvalue weighted by atomic mass is 10.2. The van der Waals surface area contributed by atoms with Crippen LogP contribution >= 0.6 is 11.8 Å². The summed E-state index contributed by atoms with van der Waals surface area (Å²) in [7, 11) is 0. The van der Waals surface area contributed by atoms with Gasteiger partial charge in [0, 0.05) is 0 Å². The summed E-state index contributed by atoms with van der Waals surface area (Å²) in [5, 5.41) is 3.01. The van der Waals surface area contributed by atoms with Crippen LogP contribution in [0.2, 0.25) is 0 Å². The van der Waals surface area contributed by atoms with Crippen molar-refractivity contribution in [2.24, 2.45) is 4.99 Å². The fourth-order valence-corrected chi connectivity index (χ4v) is 3.00. The molecule has 3 rings (SSSR count). The summed E-state index contributed by atoms with van der Waals surface area (Å²) in [6.45, 7) is 5.62. The molecule has 6 heteroatoms. The van der Waals surface area contributed by atoms with Gasteiger partial charge in [-0.15, -0.1) is 11.8 Å². The number of hydrogen-bond acceptors (Lipinski definition) is 6. The van der Waals surface area contributed by atoms with Crippen molar-refractivity contribution in [2.45, 2.75) is 42.9 Å². The number of nitrogens with zero attached hydrogens (tertiary/aromatic N) is 2. The number of fused-ring (bicyclic) bond motifs is 1. The van der Waals surface area contributed by atoms with Crippen LogP contribution in [-0.2, 0) is 9.47 Å². The molecule has 0 radical (unpaired) electrons. The van der Waals surface area contributed by atoms with Crippen LogP contribution in [0.4, 0.5) is 0 Å². The summed E-state index contributed by atoms with van der Waals surface area (Å²) < 4.78 is 11.6. The number of aliphatic imine (C=N–C) groups is 1. The van der Waals surface area contributed by atoms with Crippen LogP contribution in [0.5, 0.6) is 0 Å². The molecule has 0 bridgehead atoms. The fourth-order valence-electron chi connectivity index (χ4n) is 2.18. The summed E-state index contributed by atoms with van der Waals surface area (Å²) in [6, 6.07) is 0. The number of thioether (sulfide) groups is 1. The normalized spacial score (nSPS) is 47.2. The van der Waals surface area contributed by atoms with Gasteiger partial charge in [-0.3, -0.25) is 4.99 Å². The van der Waals surface area contributed by atoms with Crippen LogP contribution in [0, 0.1) is 0 Å². The van der Waals surface area contributed by atoms with E-state index in [0.29, 0.717) is 10.7 Å². The molecule has 2 fully saturated rings. The molecule has 0 saturated carbocycles. The first-order valence-corrected chi connectivity index (χ1v) is 6.62. The second-order valence-electron chi connectivity index (χ2n) is 4.65. The lowest BCUT2D eigenvalue weighted by Crippen LogP contribution is -2.55. The maximum Gasteiger partial charge on any atom is 0.180 e. The third kappa shape index (κ3) is 2.07. The van der Waals surface area contributed by atoms with Gasteiger partial charge in [-0.1, -0.05) is 0 Å². The molecule has 3 aliphatic rings. The highest BCUT2D eigenvalue weighted by Gasteiger charge is 2.48. The first-order valence-electron chi connectivity index (χ1n) is 5.68. The molecule has 0 aromatic rings. The molecule has 4 unspecified atom stereocenters. The fraction of sp³-hybridized carbons (Fsp3) is 0.900. The van der Waals surface area contributed by atoms with Crippen molar-refractivity contribution in [3.05, 3.63) is 0 Å². The van der Waals surface area contributed by atoms with E-state index in [1.807, 2.05) is 18.7 Å². The molecule has 16 heavy (non-hydrogen) atoms. The van der Waals surface area contributed by atoms with Gasteiger partial charge >= 0.3 is 0 Å². The van der Waals surface area contributed by atoms with Gasteiger partial charge < -0.3 is 14.9 Å². The number of hydrazine groups is 1. The summed E-state index contributed by atoms with van der Waals surface area (Å²) >= 11 is 1.85. The maximum absolute atomic E-state index is 5.89. The van der Waals surface area contributed by atoms with Crippen LogP contribution < -0.4 is 5.43 Å². The van der Waals surface area contributed by atoms with E-state index in [1.54, 1.807) is 6.34 Å². The Kier molecular flexibility index (Phi) is 2.62.